The maximum absolute atomic E-state index is 13.6. The first-order chi connectivity index (χ1) is 26.9. The minimum Gasteiger partial charge on any atom is -0.356 e. The maximum Gasteiger partial charge on any atom is 0.259 e. The number of amides is 5. The number of benzene rings is 2. The number of aliphatic imine (C=N–C) groups is 1. The molecule has 0 aliphatic carbocycles. The molecule has 0 saturated carbocycles. The molecule has 1 fully saturated rings. The third kappa shape index (κ3) is 7.67. The second kappa shape index (κ2) is 16.3. The molecule has 4 aromatic rings. The molecule has 2 aromatic carbocycles. The average molecular weight is 795 g/mol. The second-order valence-corrected chi connectivity index (χ2v) is 15.9. The van der Waals surface area contributed by atoms with Crippen LogP contribution >= 0.6 is 22.9 Å². The van der Waals surface area contributed by atoms with Crippen molar-refractivity contribution >= 4 is 63.9 Å². The number of hydrogen-bond acceptors (Lipinski definition) is 9. The van der Waals surface area contributed by atoms with Crippen LogP contribution in [0.3, 0.4) is 0 Å². The predicted molar refractivity (Wildman–Crippen MR) is 214 cm³/mol. The highest BCUT2D eigenvalue weighted by Crippen LogP contribution is 2.40. The summed E-state index contributed by atoms with van der Waals surface area (Å²) in [6, 6.07) is 11.6. The number of aryl methyl sites for hydroxylation is 3. The Morgan fingerprint density at radius 1 is 0.982 bits per heavy atom. The van der Waals surface area contributed by atoms with Crippen molar-refractivity contribution in [2.75, 3.05) is 13.1 Å². The van der Waals surface area contributed by atoms with Gasteiger partial charge in [0.05, 0.1) is 17.7 Å². The Kier molecular flexibility index (Phi) is 11.3. The first-order valence-electron chi connectivity index (χ1n) is 18.8. The zero-order valence-corrected chi connectivity index (χ0v) is 33.1. The van der Waals surface area contributed by atoms with E-state index >= 15 is 0 Å². The minimum atomic E-state index is -0.817. The molecule has 15 heteroatoms. The number of nitrogens with one attached hydrogen (secondary N) is 3. The quantitative estimate of drug-likeness (QED) is 0.127. The standard InChI is InChI=1S/C41H43ClN8O5S/c1-22-24(3)56-41-35(22)37(27-13-16-28(42)17-14-27)45-30(38-48-47-25(4)50(38)41)21-34(53)44-20-6-5-19-43-32(51)18-15-26-9-7-10-29-23(2)49(40(55)36(26)29)31-11-8-12-33(52)46-39(31)54/h7,9-10,13-14,16-17,30-31H,2,5-6,8,11-12,15,18-21H2,1,3-4H3,(H,43,51)(H,44,53)(H,46,52,54)/t30-,31-/m0/s1. The number of thiophene rings is 1. The zero-order valence-electron chi connectivity index (χ0n) is 31.5. The van der Waals surface area contributed by atoms with Gasteiger partial charge in [0.25, 0.3) is 5.91 Å². The summed E-state index contributed by atoms with van der Waals surface area (Å²) in [7, 11) is 0. The fourth-order valence-electron chi connectivity index (χ4n) is 7.54. The Bertz CT molecular complexity index is 2290. The van der Waals surface area contributed by atoms with E-state index in [2.05, 4.69) is 46.6 Å². The van der Waals surface area contributed by atoms with Gasteiger partial charge in [-0.3, -0.25) is 43.7 Å². The van der Waals surface area contributed by atoms with E-state index in [-0.39, 0.29) is 42.9 Å². The van der Waals surface area contributed by atoms with Gasteiger partial charge in [-0.05, 0) is 76.1 Å². The van der Waals surface area contributed by atoms with Gasteiger partial charge in [0.2, 0.25) is 23.6 Å². The molecule has 2 atom stereocenters. The Labute approximate surface area is 333 Å². The predicted octanol–water partition coefficient (Wildman–Crippen LogP) is 5.46. The van der Waals surface area contributed by atoms with Gasteiger partial charge in [0.1, 0.15) is 22.9 Å². The van der Waals surface area contributed by atoms with Crippen LogP contribution in [0.5, 0.6) is 0 Å². The Morgan fingerprint density at radius 2 is 1.71 bits per heavy atom. The number of carbonyl (C=O) groups excluding carboxylic acids is 5. The number of imide groups is 1. The lowest BCUT2D eigenvalue weighted by Crippen LogP contribution is -2.46. The minimum absolute atomic E-state index is 0.0866. The second-order valence-electron chi connectivity index (χ2n) is 14.3. The van der Waals surface area contributed by atoms with Gasteiger partial charge in [-0.25, -0.2) is 0 Å². The fourth-order valence-corrected chi connectivity index (χ4v) is 8.88. The first-order valence-corrected chi connectivity index (χ1v) is 20.0. The van der Waals surface area contributed by atoms with E-state index in [9.17, 15) is 24.0 Å². The summed E-state index contributed by atoms with van der Waals surface area (Å²) in [4.78, 5) is 72.1. The number of hydrogen-bond donors (Lipinski definition) is 3. The summed E-state index contributed by atoms with van der Waals surface area (Å²) >= 11 is 7.88. The van der Waals surface area contributed by atoms with Crippen molar-refractivity contribution in [1.29, 1.82) is 0 Å². The highest BCUT2D eigenvalue weighted by atomic mass is 35.5. The molecule has 0 spiro atoms. The van der Waals surface area contributed by atoms with Gasteiger partial charge >= 0.3 is 0 Å². The summed E-state index contributed by atoms with van der Waals surface area (Å²) < 4.78 is 2.02. The monoisotopic (exact) mass is 794 g/mol. The molecular formula is C41H43ClN8O5S. The van der Waals surface area contributed by atoms with Crippen LogP contribution in [-0.4, -0.2) is 74.0 Å². The zero-order chi connectivity index (χ0) is 39.7. The summed E-state index contributed by atoms with van der Waals surface area (Å²) in [6.45, 7) is 11.0. The largest absolute Gasteiger partial charge is 0.356 e. The van der Waals surface area contributed by atoms with Crippen molar-refractivity contribution in [3.63, 3.8) is 0 Å². The number of fused-ring (bicyclic) bond motifs is 4. The maximum atomic E-state index is 13.6. The van der Waals surface area contributed by atoms with Crippen molar-refractivity contribution in [2.24, 2.45) is 4.99 Å². The number of aromatic nitrogens is 3. The average Bonchev–Trinajstić information content (AvgIpc) is 3.69. The van der Waals surface area contributed by atoms with Crippen molar-refractivity contribution in [3.8, 4) is 5.00 Å². The molecule has 0 bridgehead atoms. The molecule has 3 aliphatic rings. The molecule has 5 heterocycles. The lowest BCUT2D eigenvalue weighted by Gasteiger charge is -2.26. The van der Waals surface area contributed by atoms with E-state index in [4.69, 9.17) is 16.6 Å². The molecule has 0 unspecified atom stereocenters. The summed E-state index contributed by atoms with van der Waals surface area (Å²) in [6.07, 6.45) is 2.96. The van der Waals surface area contributed by atoms with E-state index in [1.165, 1.54) is 9.78 Å². The molecule has 2 aromatic heterocycles. The van der Waals surface area contributed by atoms with Crippen LogP contribution in [0.2, 0.25) is 5.02 Å². The van der Waals surface area contributed by atoms with Crippen molar-refractivity contribution < 1.29 is 24.0 Å². The van der Waals surface area contributed by atoms with Gasteiger partial charge in [-0.2, -0.15) is 0 Å². The van der Waals surface area contributed by atoms with Gasteiger partial charge in [-0.15, -0.1) is 21.5 Å². The number of unbranched alkanes of at least 4 members (excludes halogenated alkanes) is 1. The normalized spacial score (nSPS) is 17.7. The van der Waals surface area contributed by atoms with E-state index in [1.807, 2.05) is 47.9 Å². The molecule has 5 amide bonds. The molecule has 1 saturated heterocycles. The van der Waals surface area contributed by atoms with Crippen LogP contribution in [0, 0.1) is 20.8 Å². The molecular weight excluding hydrogens is 752 g/mol. The fraction of sp³-hybridized carbons (Fsp3) is 0.366. The number of carbonyl (C=O) groups is 5. The van der Waals surface area contributed by atoms with E-state index < -0.39 is 18.0 Å². The molecule has 56 heavy (non-hydrogen) atoms. The van der Waals surface area contributed by atoms with E-state index in [1.54, 1.807) is 17.4 Å². The molecule has 3 N–H and O–H groups in total. The molecule has 13 nitrogen and oxygen atoms in total. The summed E-state index contributed by atoms with van der Waals surface area (Å²) in [5.41, 5.74) is 6.00. The van der Waals surface area contributed by atoms with E-state index in [0.29, 0.717) is 78.4 Å². The van der Waals surface area contributed by atoms with E-state index in [0.717, 1.165) is 33.2 Å². The third-order valence-electron chi connectivity index (χ3n) is 10.5. The number of rotatable bonds is 12. The first kappa shape index (κ1) is 38.8. The third-order valence-corrected chi connectivity index (χ3v) is 12.0. The van der Waals surface area contributed by atoms with Gasteiger partial charge in [0, 0.05) is 58.2 Å². The lowest BCUT2D eigenvalue weighted by molar-refractivity contribution is -0.131. The van der Waals surface area contributed by atoms with Crippen LogP contribution in [0.1, 0.15) is 106 Å². The van der Waals surface area contributed by atoms with Gasteiger partial charge < -0.3 is 10.6 Å². The highest BCUT2D eigenvalue weighted by Gasteiger charge is 2.41. The SMILES string of the molecule is C=C1c2cccc(CCC(=O)NCCCCNC(=O)C[C@@H]3N=C(c4ccc(Cl)cc4)c4c(sc(C)c4C)-n4c(C)nnc43)c2C(=O)N1[C@H]1CCCC(=O)NC1=O. The number of nitrogens with zero attached hydrogens (tertiary/aromatic N) is 5. The lowest BCUT2D eigenvalue weighted by atomic mass is 9.98. The van der Waals surface area contributed by atoms with Crippen LogP contribution < -0.4 is 16.0 Å². The Morgan fingerprint density at radius 3 is 2.46 bits per heavy atom. The van der Waals surface area contributed by atoms with Crippen LogP contribution in [0.25, 0.3) is 10.7 Å². The highest BCUT2D eigenvalue weighted by molar-refractivity contribution is 7.15. The smallest absolute Gasteiger partial charge is 0.259 e. The summed E-state index contributed by atoms with van der Waals surface area (Å²) in [5, 5.41) is 18.8. The molecule has 3 aliphatic heterocycles. The van der Waals surface area contributed by atoms with Crippen molar-refractivity contribution in [3.05, 3.63) is 104 Å². The van der Waals surface area contributed by atoms with Crippen molar-refractivity contribution in [1.82, 2.24) is 35.6 Å². The topological polar surface area (TPSA) is 168 Å². The number of halogens is 1. The molecule has 290 valence electrons. The Balaban J connectivity index is 0.906. The Hall–Kier alpha value is -5.47. The van der Waals surface area contributed by atoms with Crippen LogP contribution in [0.4, 0.5) is 0 Å². The molecule has 7 rings (SSSR count). The van der Waals surface area contributed by atoms with Gasteiger partial charge in [0.15, 0.2) is 5.82 Å². The molecule has 0 radical (unpaired) electrons. The summed E-state index contributed by atoms with van der Waals surface area (Å²) in [5.74, 6) is -0.179. The van der Waals surface area contributed by atoms with Crippen molar-refractivity contribution in [2.45, 2.75) is 84.2 Å². The van der Waals surface area contributed by atoms with Crippen LogP contribution in [0.15, 0.2) is 54.0 Å². The van der Waals surface area contributed by atoms with Crippen LogP contribution in [-0.2, 0) is 25.6 Å². The van der Waals surface area contributed by atoms with Gasteiger partial charge in [-0.1, -0.05) is 48.5 Å².